The molecule has 4 heterocycles. The van der Waals surface area contributed by atoms with E-state index in [0.29, 0.717) is 36.5 Å². The number of alkyl halides is 2. The molecular formula is C23H27F2N5O3. The van der Waals surface area contributed by atoms with Crippen molar-refractivity contribution in [1.29, 1.82) is 0 Å². The number of pyridine rings is 2. The van der Waals surface area contributed by atoms with Gasteiger partial charge in [0.1, 0.15) is 11.5 Å². The number of rotatable bonds is 7. The zero-order chi connectivity index (χ0) is 23.6. The number of fused-ring (bicyclic) bond motifs is 1. The third kappa shape index (κ3) is 4.95. The van der Waals surface area contributed by atoms with Crippen LogP contribution in [0.5, 0.6) is 0 Å². The second kappa shape index (κ2) is 9.38. The van der Waals surface area contributed by atoms with E-state index in [-0.39, 0.29) is 56.6 Å². The van der Waals surface area contributed by atoms with Gasteiger partial charge in [0, 0.05) is 75.7 Å². The van der Waals surface area contributed by atoms with Crippen LogP contribution in [0.25, 0.3) is 0 Å². The van der Waals surface area contributed by atoms with Crippen molar-refractivity contribution >= 4 is 17.6 Å². The van der Waals surface area contributed by atoms with E-state index >= 15 is 0 Å². The Kier molecular flexibility index (Phi) is 6.55. The number of nitrogens with one attached hydrogen (secondary N) is 1. The molecule has 0 unspecified atom stereocenters. The summed E-state index contributed by atoms with van der Waals surface area (Å²) in [4.78, 5) is 37.6. The molecule has 1 fully saturated rings. The highest BCUT2D eigenvalue weighted by molar-refractivity contribution is 6.03. The molecule has 0 aromatic carbocycles. The molecule has 2 aromatic heterocycles. The Hall–Kier alpha value is -3.14. The van der Waals surface area contributed by atoms with E-state index < -0.39 is 5.92 Å². The summed E-state index contributed by atoms with van der Waals surface area (Å²) in [7, 11) is 0. The van der Waals surface area contributed by atoms with E-state index in [1.807, 2.05) is 17.9 Å². The summed E-state index contributed by atoms with van der Waals surface area (Å²) in [5.74, 6) is -2.48. The molecule has 2 aromatic rings. The first-order valence-electron chi connectivity index (χ1n) is 11.0. The summed E-state index contributed by atoms with van der Waals surface area (Å²) < 4.78 is 26.9. The van der Waals surface area contributed by atoms with Crippen LogP contribution in [0, 0.1) is 6.92 Å². The largest absolute Gasteiger partial charge is 0.396 e. The Morgan fingerprint density at radius 1 is 1.27 bits per heavy atom. The van der Waals surface area contributed by atoms with Crippen LogP contribution in [0.15, 0.2) is 24.5 Å². The third-order valence-electron chi connectivity index (χ3n) is 6.03. The van der Waals surface area contributed by atoms with Crippen LogP contribution < -0.4 is 10.2 Å². The Balaban J connectivity index is 1.45. The number of aliphatic hydroxyl groups is 1. The normalized spacial score (nSPS) is 17.3. The first-order chi connectivity index (χ1) is 15.8. The quantitative estimate of drug-likeness (QED) is 0.617. The van der Waals surface area contributed by atoms with Gasteiger partial charge in [-0.25, -0.2) is 13.8 Å². The Labute approximate surface area is 190 Å². The number of carbonyl (C=O) groups is 2. The van der Waals surface area contributed by atoms with Gasteiger partial charge in [-0.05, 0) is 36.6 Å². The summed E-state index contributed by atoms with van der Waals surface area (Å²) in [5.41, 5.74) is 2.94. The topological polar surface area (TPSA) is 98.7 Å². The maximum atomic E-state index is 13.5. The number of aliphatic hydroxyl groups excluding tert-OH is 1. The van der Waals surface area contributed by atoms with Crippen LogP contribution in [0.4, 0.5) is 14.6 Å². The van der Waals surface area contributed by atoms with E-state index in [4.69, 9.17) is 5.11 Å². The molecule has 0 aliphatic carbocycles. The molecular weight excluding hydrogens is 432 g/mol. The smallest absolute Gasteiger partial charge is 0.270 e. The van der Waals surface area contributed by atoms with Gasteiger partial charge in [-0.3, -0.25) is 14.6 Å². The van der Waals surface area contributed by atoms with Gasteiger partial charge in [0.25, 0.3) is 17.7 Å². The number of aryl methyl sites for hydroxylation is 1. The lowest BCUT2D eigenvalue weighted by Gasteiger charge is -2.33. The van der Waals surface area contributed by atoms with E-state index in [9.17, 15) is 18.4 Å². The second-order valence-electron chi connectivity index (χ2n) is 8.51. The van der Waals surface area contributed by atoms with Crippen molar-refractivity contribution in [2.75, 3.05) is 31.1 Å². The maximum Gasteiger partial charge on any atom is 0.270 e. The van der Waals surface area contributed by atoms with Crippen LogP contribution in [-0.2, 0) is 13.1 Å². The molecule has 0 atom stereocenters. The molecule has 2 N–H and O–H groups in total. The summed E-state index contributed by atoms with van der Waals surface area (Å²) in [6.45, 7) is 3.27. The number of hydrogen-bond acceptors (Lipinski definition) is 6. The van der Waals surface area contributed by atoms with Crippen molar-refractivity contribution in [3.05, 3.63) is 52.5 Å². The van der Waals surface area contributed by atoms with Crippen molar-refractivity contribution in [3.63, 3.8) is 0 Å². The van der Waals surface area contributed by atoms with E-state index in [1.165, 1.54) is 6.20 Å². The van der Waals surface area contributed by atoms with E-state index in [1.54, 1.807) is 17.2 Å². The van der Waals surface area contributed by atoms with Crippen LogP contribution in [0.2, 0.25) is 0 Å². The van der Waals surface area contributed by atoms with E-state index in [2.05, 4.69) is 15.3 Å². The maximum absolute atomic E-state index is 13.5. The van der Waals surface area contributed by atoms with Crippen LogP contribution in [0.3, 0.4) is 0 Å². The lowest BCUT2D eigenvalue weighted by atomic mass is 10.1. The second-order valence-corrected chi connectivity index (χ2v) is 8.51. The lowest BCUT2D eigenvalue weighted by molar-refractivity contribution is -0.0221. The number of halogens is 2. The minimum absolute atomic E-state index is 0.0245. The minimum Gasteiger partial charge on any atom is -0.396 e. The zero-order valence-electron chi connectivity index (χ0n) is 18.5. The van der Waals surface area contributed by atoms with Crippen LogP contribution >= 0.6 is 0 Å². The highest BCUT2D eigenvalue weighted by Crippen LogP contribution is 2.31. The van der Waals surface area contributed by atoms with Gasteiger partial charge in [0.2, 0.25) is 0 Å². The summed E-state index contributed by atoms with van der Waals surface area (Å²) in [6.07, 6.45) is 3.20. The number of amides is 2. The highest BCUT2D eigenvalue weighted by Gasteiger charge is 2.35. The predicted molar refractivity (Wildman–Crippen MR) is 117 cm³/mol. The summed E-state index contributed by atoms with van der Waals surface area (Å²) in [6, 6.07) is 3.53. The Bertz CT molecular complexity index is 1050. The molecule has 0 radical (unpaired) electrons. The number of anilines is 1. The van der Waals surface area contributed by atoms with Gasteiger partial charge < -0.3 is 20.2 Å². The average Bonchev–Trinajstić information content (AvgIpc) is 3.10. The van der Waals surface area contributed by atoms with Gasteiger partial charge in [-0.2, -0.15) is 0 Å². The van der Waals surface area contributed by atoms with Gasteiger partial charge in [-0.15, -0.1) is 0 Å². The van der Waals surface area contributed by atoms with Gasteiger partial charge in [0.15, 0.2) is 0 Å². The molecule has 1 saturated heterocycles. The molecule has 0 bridgehead atoms. The lowest BCUT2D eigenvalue weighted by Crippen LogP contribution is -2.40. The standard InChI is InChI=1S/C23H27F2N5O3/c1-15-11-16(12-28-20(15)29-8-4-23(24,25)5-9-29)13-30-14-18-17(22(30)33)3-7-26-19(18)21(32)27-6-2-10-31/h3,7,11-12,31H,2,4-6,8-10,13-14H2,1H3,(H,27,32). The predicted octanol–water partition coefficient (Wildman–Crippen LogP) is 2.29. The van der Waals surface area contributed by atoms with Crippen LogP contribution in [0.1, 0.15) is 56.8 Å². The van der Waals surface area contributed by atoms with Crippen molar-refractivity contribution in [1.82, 2.24) is 20.2 Å². The molecule has 33 heavy (non-hydrogen) atoms. The molecule has 2 aliphatic rings. The molecule has 176 valence electrons. The first-order valence-corrected chi connectivity index (χ1v) is 11.0. The SMILES string of the molecule is Cc1cc(CN2Cc3c(ccnc3C(=O)NCCCO)C2=O)cnc1N1CCC(F)(F)CC1. The summed E-state index contributed by atoms with van der Waals surface area (Å²) in [5, 5.41) is 11.6. The zero-order valence-corrected chi connectivity index (χ0v) is 18.5. The van der Waals surface area contributed by atoms with Gasteiger partial charge >= 0.3 is 0 Å². The Morgan fingerprint density at radius 3 is 2.73 bits per heavy atom. The fourth-order valence-corrected chi connectivity index (χ4v) is 4.28. The van der Waals surface area contributed by atoms with Crippen molar-refractivity contribution in [3.8, 4) is 0 Å². The fraction of sp³-hybridized carbons (Fsp3) is 0.478. The number of nitrogens with zero attached hydrogens (tertiary/aromatic N) is 4. The molecule has 0 saturated carbocycles. The van der Waals surface area contributed by atoms with Crippen LogP contribution in [-0.4, -0.2) is 64.0 Å². The number of piperidine rings is 1. The van der Waals surface area contributed by atoms with Gasteiger partial charge in [-0.1, -0.05) is 0 Å². The van der Waals surface area contributed by atoms with Crippen molar-refractivity contribution in [2.45, 2.75) is 45.2 Å². The number of hydrogen-bond donors (Lipinski definition) is 2. The number of aromatic nitrogens is 2. The third-order valence-corrected chi connectivity index (χ3v) is 6.03. The molecule has 2 aliphatic heterocycles. The first kappa shape index (κ1) is 23.0. The molecule has 2 amide bonds. The van der Waals surface area contributed by atoms with E-state index in [0.717, 1.165) is 11.1 Å². The molecule has 8 nitrogen and oxygen atoms in total. The van der Waals surface area contributed by atoms with Gasteiger partial charge in [0.05, 0.1) is 0 Å². The molecule has 0 spiro atoms. The summed E-state index contributed by atoms with van der Waals surface area (Å²) >= 11 is 0. The van der Waals surface area contributed by atoms with Crippen molar-refractivity contribution in [2.24, 2.45) is 0 Å². The number of carbonyl (C=O) groups excluding carboxylic acids is 2. The average molecular weight is 459 g/mol. The minimum atomic E-state index is -2.61. The Morgan fingerprint density at radius 2 is 2.03 bits per heavy atom. The molecule has 4 rings (SSSR count). The monoisotopic (exact) mass is 459 g/mol. The van der Waals surface area contributed by atoms with Crippen molar-refractivity contribution < 1.29 is 23.5 Å². The highest BCUT2D eigenvalue weighted by atomic mass is 19.3. The molecule has 10 heteroatoms. The fourth-order valence-electron chi connectivity index (χ4n) is 4.28.